The van der Waals surface area contributed by atoms with Crippen LogP contribution in [0.3, 0.4) is 0 Å². The van der Waals surface area contributed by atoms with Crippen molar-refractivity contribution in [2.75, 3.05) is 0 Å². The van der Waals surface area contributed by atoms with Gasteiger partial charge in [-0.2, -0.15) is 0 Å². The quantitative estimate of drug-likeness (QED) is 0.788. The van der Waals surface area contributed by atoms with Gasteiger partial charge in [-0.3, -0.25) is 9.59 Å². The first kappa shape index (κ1) is 9.86. The third-order valence-electron chi connectivity index (χ3n) is 1.99. The average molecular weight is 219 g/mol. The van der Waals surface area contributed by atoms with Gasteiger partial charge in [0.15, 0.2) is 5.78 Å². The molecule has 2 aromatic heterocycles. The molecule has 0 atom stereocenters. The van der Waals surface area contributed by atoms with Gasteiger partial charge in [0.1, 0.15) is 0 Å². The van der Waals surface area contributed by atoms with Gasteiger partial charge >= 0.3 is 0 Å². The molecular formula is C11H9NO2S. The fourth-order valence-corrected chi connectivity index (χ4v) is 2.15. The molecule has 0 amide bonds. The number of H-pyrrole nitrogens is 1. The van der Waals surface area contributed by atoms with E-state index in [4.69, 9.17) is 0 Å². The molecule has 0 aliphatic carbocycles. The summed E-state index contributed by atoms with van der Waals surface area (Å²) >= 11 is 1.38. The van der Waals surface area contributed by atoms with Crippen molar-refractivity contribution in [1.29, 1.82) is 0 Å². The number of hydrogen-bond donors (Lipinski definition) is 1. The van der Waals surface area contributed by atoms with E-state index in [1.165, 1.54) is 24.3 Å². The smallest absolute Gasteiger partial charge is 0.248 e. The number of carbonyl (C=O) groups is 1. The molecule has 2 heterocycles. The summed E-state index contributed by atoms with van der Waals surface area (Å²) in [6, 6.07) is 8.59. The van der Waals surface area contributed by atoms with Crippen molar-refractivity contribution in [2.24, 2.45) is 0 Å². The molecular weight excluding hydrogens is 210 g/mol. The van der Waals surface area contributed by atoms with Gasteiger partial charge in [-0.1, -0.05) is 6.07 Å². The first-order valence-electron chi connectivity index (χ1n) is 4.47. The number of thiophene rings is 1. The molecule has 1 N–H and O–H groups in total. The maximum absolute atomic E-state index is 11.1. The van der Waals surface area contributed by atoms with E-state index in [1.807, 2.05) is 12.1 Å². The molecule has 0 fully saturated rings. The Morgan fingerprint density at radius 1 is 1.27 bits per heavy atom. The lowest BCUT2D eigenvalue weighted by Gasteiger charge is -1.94. The molecule has 0 unspecified atom stereocenters. The van der Waals surface area contributed by atoms with E-state index in [9.17, 15) is 9.59 Å². The monoisotopic (exact) mass is 219 g/mol. The lowest BCUT2D eigenvalue weighted by atomic mass is 10.3. The van der Waals surface area contributed by atoms with Crippen molar-refractivity contribution in [3.63, 3.8) is 0 Å². The second-order valence-electron chi connectivity index (χ2n) is 3.15. The van der Waals surface area contributed by atoms with Gasteiger partial charge in [0.05, 0.1) is 15.4 Å². The Bertz CT molecular complexity index is 553. The summed E-state index contributed by atoms with van der Waals surface area (Å²) in [7, 11) is 0. The zero-order chi connectivity index (χ0) is 10.8. The molecule has 0 aliphatic heterocycles. The molecule has 0 saturated heterocycles. The van der Waals surface area contributed by atoms with Crippen molar-refractivity contribution in [3.8, 4) is 10.6 Å². The SMILES string of the molecule is CC(=O)c1ccc(-c2cccc(=O)[nH]2)s1. The predicted octanol–water partition coefficient (Wildman–Crippen LogP) is 2.31. The van der Waals surface area contributed by atoms with Gasteiger partial charge in [0, 0.05) is 6.07 Å². The van der Waals surface area contributed by atoms with E-state index in [2.05, 4.69) is 4.98 Å². The number of Topliss-reactive ketones (excluding diaryl/α,β-unsaturated/α-hetero) is 1. The van der Waals surface area contributed by atoms with Crippen molar-refractivity contribution in [3.05, 3.63) is 45.6 Å². The largest absolute Gasteiger partial charge is 0.321 e. The highest BCUT2D eigenvalue weighted by atomic mass is 32.1. The van der Waals surface area contributed by atoms with Gasteiger partial charge in [-0.25, -0.2) is 0 Å². The van der Waals surface area contributed by atoms with Gasteiger partial charge < -0.3 is 4.98 Å². The van der Waals surface area contributed by atoms with Crippen molar-refractivity contribution in [2.45, 2.75) is 6.92 Å². The second kappa shape index (κ2) is 3.82. The number of hydrogen-bond acceptors (Lipinski definition) is 3. The molecule has 2 aromatic rings. The van der Waals surface area contributed by atoms with Crippen LogP contribution in [0.15, 0.2) is 35.1 Å². The zero-order valence-electron chi connectivity index (χ0n) is 8.11. The number of aromatic amines is 1. The summed E-state index contributed by atoms with van der Waals surface area (Å²) in [5, 5.41) is 0. The Hall–Kier alpha value is -1.68. The fraction of sp³-hybridized carbons (Fsp3) is 0.0909. The standard InChI is InChI=1S/C11H9NO2S/c1-7(13)9-5-6-10(15-9)8-3-2-4-11(14)12-8/h2-6H,1H3,(H,12,14). The minimum Gasteiger partial charge on any atom is -0.321 e. The number of ketones is 1. The minimum atomic E-state index is -0.134. The number of nitrogens with one attached hydrogen (secondary N) is 1. The molecule has 76 valence electrons. The van der Waals surface area contributed by atoms with Crippen LogP contribution in [-0.2, 0) is 0 Å². The van der Waals surface area contributed by atoms with Crippen LogP contribution < -0.4 is 5.56 Å². The van der Waals surface area contributed by atoms with Crippen LogP contribution in [0.4, 0.5) is 0 Å². The second-order valence-corrected chi connectivity index (χ2v) is 4.23. The van der Waals surface area contributed by atoms with Crippen molar-refractivity contribution < 1.29 is 4.79 Å². The lowest BCUT2D eigenvalue weighted by Crippen LogP contribution is -2.02. The Morgan fingerprint density at radius 2 is 2.07 bits per heavy atom. The molecule has 0 spiro atoms. The topological polar surface area (TPSA) is 49.9 Å². The van der Waals surface area contributed by atoms with E-state index < -0.39 is 0 Å². The van der Waals surface area contributed by atoms with Crippen LogP contribution in [0.2, 0.25) is 0 Å². The first-order valence-corrected chi connectivity index (χ1v) is 5.29. The number of rotatable bonds is 2. The molecule has 0 aromatic carbocycles. The van der Waals surface area contributed by atoms with Crippen molar-refractivity contribution in [1.82, 2.24) is 4.98 Å². The minimum absolute atomic E-state index is 0.0459. The predicted molar refractivity (Wildman–Crippen MR) is 60.4 cm³/mol. The highest BCUT2D eigenvalue weighted by Crippen LogP contribution is 2.25. The molecule has 3 nitrogen and oxygen atoms in total. The van der Waals surface area contributed by atoms with Gasteiger partial charge in [-0.15, -0.1) is 11.3 Å². The van der Waals surface area contributed by atoms with E-state index in [0.717, 1.165) is 10.6 Å². The maximum Gasteiger partial charge on any atom is 0.248 e. The van der Waals surface area contributed by atoms with Gasteiger partial charge in [-0.05, 0) is 25.1 Å². The Labute approximate surface area is 90.4 Å². The highest BCUT2D eigenvalue weighted by Gasteiger charge is 2.06. The van der Waals surface area contributed by atoms with Crippen LogP contribution in [0.1, 0.15) is 16.6 Å². The average Bonchev–Trinajstić information content (AvgIpc) is 2.66. The lowest BCUT2D eigenvalue weighted by molar-refractivity contribution is 0.102. The van der Waals surface area contributed by atoms with E-state index >= 15 is 0 Å². The maximum atomic E-state index is 11.1. The molecule has 0 radical (unpaired) electrons. The molecule has 0 saturated carbocycles. The van der Waals surface area contributed by atoms with Gasteiger partial charge in [0.25, 0.3) is 0 Å². The van der Waals surface area contributed by atoms with Crippen LogP contribution >= 0.6 is 11.3 Å². The summed E-state index contributed by atoms with van der Waals surface area (Å²) in [5.41, 5.74) is 0.616. The summed E-state index contributed by atoms with van der Waals surface area (Å²) in [4.78, 5) is 26.5. The van der Waals surface area contributed by atoms with E-state index in [0.29, 0.717) is 4.88 Å². The highest BCUT2D eigenvalue weighted by molar-refractivity contribution is 7.17. The third kappa shape index (κ3) is 2.05. The van der Waals surface area contributed by atoms with Crippen LogP contribution in [0, 0.1) is 0 Å². The Balaban J connectivity index is 2.46. The summed E-state index contributed by atoms with van der Waals surface area (Å²) in [5.74, 6) is 0.0459. The Morgan fingerprint density at radius 3 is 2.67 bits per heavy atom. The third-order valence-corrected chi connectivity index (χ3v) is 3.21. The number of aromatic nitrogens is 1. The fourth-order valence-electron chi connectivity index (χ4n) is 1.26. The summed E-state index contributed by atoms with van der Waals surface area (Å²) in [6.07, 6.45) is 0. The molecule has 15 heavy (non-hydrogen) atoms. The molecule has 0 bridgehead atoms. The van der Waals surface area contributed by atoms with Crippen molar-refractivity contribution >= 4 is 17.1 Å². The Kier molecular flexibility index (Phi) is 2.51. The van der Waals surface area contributed by atoms with E-state index in [1.54, 1.807) is 12.1 Å². The molecule has 4 heteroatoms. The van der Waals surface area contributed by atoms with E-state index in [-0.39, 0.29) is 11.3 Å². The normalized spacial score (nSPS) is 10.2. The van der Waals surface area contributed by atoms with Gasteiger partial charge in [0.2, 0.25) is 5.56 Å². The van der Waals surface area contributed by atoms with Crippen LogP contribution in [0.25, 0.3) is 10.6 Å². The van der Waals surface area contributed by atoms with Crippen LogP contribution in [0.5, 0.6) is 0 Å². The zero-order valence-corrected chi connectivity index (χ0v) is 8.93. The summed E-state index contributed by atoms with van der Waals surface area (Å²) in [6.45, 7) is 1.53. The number of pyridine rings is 1. The first-order chi connectivity index (χ1) is 7.16. The molecule has 0 aliphatic rings. The molecule has 2 rings (SSSR count). The summed E-state index contributed by atoms with van der Waals surface area (Å²) < 4.78 is 0. The van der Waals surface area contributed by atoms with Crippen LogP contribution in [-0.4, -0.2) is 10.8 Å². The number of carbonyl (C=O) groups excluding carboxylic acids is 1.